The van der Waals surface area contributed by atoms with Crippen LogP contribution in [-0.4, -0.2) is 14.6 Å². The molecule has 0 aliphatic heterocycles. The van der Waals surface area contributed by atoms with Crippen molar-refractivity contribution in [2.75, 3.05) is 0 Å². The lowest BCUT2D eigenvalue weighted by Gasteiger charge is -2.01. The Kier molecular flexibility index (Phi) is 2.53. The molecule has 0 spiro atoms. The van der Waals surface area contributed by atoms with Gasteiger partial charge in [0, 0.05) is 5.56 Å². The van der Waals surface area contributed by atoms with Crippen LogP contribution < -0.4 is 0 Å². The fraction of sp³-hybridized carbons (Fsp3) is 0.0769. The Hall–Kier alpha value is -2.27. The van der Waals surface area contributed by atoms with E-state index >= 15 is 0 Å². The number of nitrogens with zero attached hydrogens (tertiary/aromatic N) is 3. The summed E-state index contributed by atoms with van der Waals surface area (Å²) in [5, 5.41) is 14.9. The number of aromatic nitrogens is 3. The minimum atomic E-state index is -0.376. The molecule has 3 aromatic rings. The zero-order valence-corrected chi connectivity index (χ0v) is 9.38. The molecule has 0 saturated heterocycles. The second-order valence-corrected chi connectivity index (χ2v) is 3.93. The Bertz CT molecular complexity index is 708. The molecule has 0 N–H and O–H groups in total. The van der Waals surface area contributed by atoms with Crippen molar-refractivity contribution in [3.05, 3.63) is 54.2 Å². The summed E-state index contributed by atoms with van der Waals surface area (Å²) in [6.07, 6.45) is 3.22. The van der Waals surface area contributed by atoms with Crippen LogP contribution in [0.4, 0.5) is 4.39 Å². The lowest BCUT2D eigenvalue weighted by molar-refractivity contribution is 0.174. The molecular weight excluding hydrogens is 233 g/mol. The van der Waals surface area contributed by atoms with Gasteiger partial charge >= 0.3 is 0 Å². The molecule has 18 heavy (non-hydrogen) atoms. The lowest BCUT2D eigenvalue weighted by Crippen LogP contribution is -1.90. The van der Waals surface area contributed by atoms with Crippen LogP contribution in [-0.2, 0) is 11.7 Å². The van der Waals surface area contributed by atoms with Gasteiger partial charge in [0.05, 0.1) is 18.1 Å². The summed E-state index contributed by atoms with van der Waals surface area (Å²) in [4.78, 5) is 4.13. The highest BCUT2D eigenvalue weighted by atomic mass is 19.1. The first-order valence-corrected chi connectivity index (χ1v) is 5.44. The largest absolute Gasteiger partial charge is 0.230 e. The van der Waals surface area contributed by atoms with Gasteiger partial charge in [-0.1, -0.05) is 12.1 Å². The van der Waals surface area contributed by atoms with E-state index in [2.05, 4.69) is 10.1 Å². The number of hydrogen-bond donors (Lipinski definition) is 0. The molecule has 1 aromatic carbocycles. The molecule has 0 saturated carbocycles. The highest BCUT2D eigenvalue weighted by Crippen LogP contribution is 2.20. The molecular formula is C13H9FN3O. The van der Waals surface area contributed by atoms with Crippen LogP contribution in [0.3, 0.4) is 0 Å². The third-order valence-corrected chi connectivity index (χ3v) is 2.68. The van der Waals surface area contributed by atoms with E-state index in [9.17, 15) is 9.50 Å². The lowest BCUT2D eigenvalue weighted by atomic mass is 10.1. The van der Waals surface area contributed by atoms with Crippen molar-refractivity contribution < 1.29 is 9.50 Å². The summed E-state index contributed by atoms with van der Waals surface area (Å²) < 4.78 is 14.7. The Morgan fingerprint density at radius 2 is 2.11 bits per heavy atom. The zero-order valence-electron chi connectivity index (χ0n) is 9.38. The van der Waals surface area contributed by atoms with E-state index in [-0.39, 0.29) is 12.4 Å². The van der Waals surface area contributed by atoms with Crippen LogP contribution in [0.5, 0.6) is 0 Å². The summed E-state index contributed by atoms with van der Waals surface area (Å²) in [5.41, 5.74) is 2.53. The van der Waals surface area contributed by atoms with Gasteiger partial charge in [-0.3, -0.25) is 0 Å². The zero-order chi connectivity index (χ0) is 12.5. The highest BCUT2D eigenvalue weighted by molar-refractivity contribution is 5.66. The molecule has 0 aliphatic carbocycles. The molecule has 2 aromatic heterocycles. The van der Waals surface area contributed by atoms with Crippen LogP contribution in [0.15, 0.2) is 42.7 Å². The Balaban J connectivity index is 2.12. The number of rotatable bonds is 2. The smallest absolute Gasteiger partial charge is 0.154 e. The van der Waals surface area contributed by atoms with Crippen LogP contribution in [0.25, 0.3) is 16.8 Å². The van der Waals surface area contributed by atoms with Crippen LogP contribution in [0.2, 0.25) is 0 Å². The van der Waals surface area contributed by atoms with Crippen molar-refractivity contribution in [2.24, 2.45) is 0 Å². The van der Waals surface area contributed by atoms with Gasteiger partial charge in [-0.25, -0.2) is 19.0 Å². The number of hydrogen-bond acceptors (Lipinski definition) is 2. The molecule has 3 rings (SSSR count). The molecule has 4 nitrogen and oxygen atoms in total. The van der Waals surface area contributed by atoms with Gasteiger partial charge in [-0.05, 0) is 23.8 Å². The summed E-state index contributed by atoms with van der Waals surface area (Å²) in [7, 11) is 0. The van der Waals surface area contributed by atoms with Crippen molar-refractivity contribution in [2.45, 2.75) is 6.61 Å². The van der Waals surface area contributed by atoms with Crippen molar-refractivity contribution in [1.82, 2.24) is 14.6 Å². The van der Waals surface area contributed by atoms with Crippen LogP contribution in [0.1, 0.15) is 5.69 Å². The van der Waals surface area contributed by atoms with E-state index < -0.39 is 0 Å². The van der Waals surface area contributed by atoms with E-state index in [4.69, 9.17) is 0 Å². The van der Waals surface area contributed by atoms with E-state index in [1.165, 1.54) is 16.6 Å². The fourth-order valence-electron chi connectivity index (χ4n) is 1.82. The molecule has 1 radical (unpaired) electrons. The number of benzene rings is 1. The van der Waals surface area contributed by atoms with Crippen molar-refractivity contribution >= 4 is 5.65 Å². The summed E-state index contributed by atoms with van der Waals surface area (Å²) in [6.45, 7) is -0.376. The Labute approximate surface area is 102 Å². The SMILES string of the molecule is [O]Cc1cn2ncc(-c3cccc(F)c3)cc2n1. The number of halogens is 1. The normalized spacial score (nSPS) is 11.0. The van der Waals surface area contributed by atoms with E-state index in [1.807, 2.05) is 0 Å². The first-order chi connectivity index (χ1) is 8.76. The van der Waals surface area contributed by atoms with Gasteiger partial charge in [-0.2, -0.15) is 5.10 Å². The first kappa shape index (κ1) is 10.9. The third-order valence-electron chi connectivity index (χ3n) is 2.68. The highest BCUT2D eigenvalue weighted by Gasteiger charge is 2.05. The molecule has 5 heteroatoms. The van der Waals surface area contributed by atoms with Gasteiger partial charge < -0.3 is 0 Å². The van der Waals surface area contributed by atoms with Crippen molar-refractivity contribution in [1.29, 1.82) is 0 Å². The van der Waals surface area contributed by atoms with Crippen LogP contribution in [0, 0.1) is 5.82 Å². The molecule has 89 valence electrons. The van der Waals surface area contributed by atoms with Crippen molar-refractivity contribution in [3.63, 3.8) is 0 Å². The van der Waals surface area contributed by atoms with E-state index in [1.54, 1.807) is 30.6 Å². The van der Waals surface area contributed by atoms with Crippen LogP contribution >= 0.6 is 0 Å². The maximum atomic E-state index is 13.1. The summed E-state index contributed by atoms with van der Waals surface area (Å²) >= 11 is 0. The average molecular weight is 242 g/mol. The maximum absolute atomic E-state index is 13.1. The average Bonchev–Trinajstić information content (AvgIpc) is 2.80. The minimum Gasteiger partial charge on any atom is -0.230 e. The molecule has 0 fully saturated rings. The fourth-order valence-corrected chi connectivity index (χ4v) is 1.82. The van der Waals surface area contributed by atoms with Gasteiger partial charge in [0.2, 0.25) is 0 Å². The van der Waals surface area contributed by atoms with Crippen molar-refractivity contribution in [3.8, 4) is 11.1 Å². The first-order valence-electron chi connectivity index (χ1n) is 5.44. The topological polar surface area (TPSA) is 50.1 Å². The Morgan fingerprint density at radius 3 is 2.89 bits per heavy atom. The predicted molar refractivity (Wildman–Crippen MR) is 62.8 cm³/mol. The maximum Gasteiger partial charge on any atom is 0.154 e. The molecule has 0 atom stereocenters. The second-order valence-electron chi connectivity index (χ2n) is 3.93. The quantitative estimate of drug-likeness (QED) is 0.693. The second kappa shape index (κ2) is 4.19. The van der Waals surface area contributed by atoms with E-state index in [0.29, 0.717) is 11.3 Å². The van der Waals surface area contributed by atoms with E-state index in [0.717, 1.165) is 11.1 Å². The Morgan fingerprint density at radius 1 is 1.22 bits per heavy atom. The number of fused-ring (bicyclic) bond motifs is 1. The monoisotopic (exact) mass is 242 g/mol. The standard InChI is InChI=1S/C13H9FN3O/c14-11-3-1-2-9(4-11)10-5-13-16-12(8-18)7-17(13)15-6-10/h1-7H,8H2. The predicted octanol–water partition coefficient (Wildman–Crippen LogP) is 2.47. The summed E-state index contributed by atoms with van der Waals surface area (Å²) in [6, 6.07) is 8.05. The molecule has 0 unspecified atom stereocenters. The third kappa shape index (κ3) is 1.84. The molecule has 0 aliphatic rings. The summed E-state index contributed by atoms with van der Waals surface area (Å²) in [5.74, 6) is -0.295. The van der Waals surface area contributed by atoms with Gasteiger partial charge in [0.25, 0.3) is 0 Å². The van der Waals surface area contributed by atoms with Gasteiger partial charge in [0.1, 0.15) is 12.4 Å². The molecule has 0 amide bonds. The van der Waals surface area contributed by atoms with Gasteiger partial charge in [0.15, 0.2) is 5.65 Å². The minimum absolute atomic E-state index is 0.295. The molecule has 0 bridgehead atoms. The van der Waals surface area contributed by atoms with Gasteiger partial charge in [-0.15, -0.1) is 0 Å². The number of imidazole rings is 1. The molecule has 2 heterocycles.